The number of anilines is 3. The van der Waals surface area contributed by atoms with Crippen LogP contribution in [0.1, 0.15) is 0 Å². The van der Waals surface area contributed by atoms with Crippen LogP contribution in [0.5, 0.6) is 0 Å². The molecule has 6 nitrogen and oxygen atoms in total. The Morgan fingerprint density at radius 3 is 2.50 bits per heavy atom. The van der Waals surface area contributed by atoms with Crippen molar-refractivity contribution in [2.75, 3.05) is 36.5 Å². The third-order valence-electron chi connectivity index (χ3n) is 5.26. The number of thiophene rings is 1. The van der Waals surface area contributed by atoms with Gasteiger partial charge in [0.2, 0.25) is 0 Å². The van der Waals surface area contributed by atoms with E-state index in [9.17, 15) is 0 Å². The van der Waals surface area contributed by atoms with Crippen LogP contribution in [0.2, 0.25) is 0 Å². The van der Waals surface area contributed by atoms with Gasteiger partial charge in [-0.1, -0.05) is 0 Å². The maximum atomic E-state index is 5.44. The highest BCUT2D eigenvalue weighted by atomic mass is 32.1. The molecule has 0 saturated carbocycles. The molecule has 3 aromatic heterocycles. The second-order valence-corrected chi connectivity index (χ2v) is 8.05. The van der Waals surface area contributed by atoms with Crippen molar-refractivity contribution >= 4 is 28.5 Å². The molecule has 4 aromatic rings. The number of ether oxygens (including phenoxy) is 1. The van der Waals surface area contributed by atoms with E-state index < -0.39 is 0 Å². The van der Waals surface area contributed by atoms with Crippen molar-refractivity contribution in [3.8, 4) is 22.3 Å². The lowest BCUT2D eigenvalue weighted by Gasteiger charge is -2.28. The van der Waals surface area contributed by atoms with Gasteiger partial charge in [-0.2, -0.15) is 16.4 Å². The van der Waals surface area contributed by atoms with Crippen molar-refractivity contribution in [1.29, 1.82) is 0 Å². The summed E-state index contributed by atoms with van der Waals surface area (Å²) in [7, 11) is 1.94. The summed E-state index contributed by atoms with van der Waals surface area (Å²) in [5, 5.41) is 12.1. The van der Waals surface area contributed by atoms with E-state index in [2.05, 4.69) is 67.5 Å². The van der Waals surface area contributed by atoms with E-state index in [0.29, 0.717) is 0 Å². The second-order valence-electron chi connectivity index (χ2n) is 7.30. The largest absolute Gasteiger partial charge is 0.378 e. The van der Waals surface area contributed by atoms with E-state index in [4.69, 9.17) is 4.74 Å². The fraction of sp³-hybridized carbons (Fsp3) is 0.217. The first-order valence-corrected chi connectivity index (χ1v) is 10.9. The van der Waals surface area contributed by atoms with Crippen molar-refractivity contribution in [3.63, 3.8) is 0 Å². The molecule has 0 amide bonds. The number of rotatable bonds is 5. The van der Waals surface area contributed by atoms with Crippen molar-refractivity contribution in [3.05, 3.63) is 65.7 Å². The van der Waals surface area contributed by atoms with E-state index in [1.165, 1.54) is 16.8 Å². The minimum absolute atomic E-state index is 0.792. The smallest absolute Gasteiger partial charge is 0.130 e. The fourth-order valence-electron chi connectivity index (χ4n) is 3.70. The summed E-state index contributed by atoms with van der Waals surface area (Å²) in [6.45, 7) is 3.47. The number of aryl methyl sites for hydroxylation is 1. The molecule has 30 heavy (non-hydrogen) atoms. The summed E-state index contributed by atoms with van der Waals surface area (Å²) in [6, 6.07) is 12.6. The molecule has 0 bridgehead atoms. The average molecular weight is 418 g/mol. The topological polar surface area (TPSA) is 55.2 Å². The van der Waals surface area contributed by atoms with Crippen molar-refractivity contribution in [1.82, 2.24) is 14.8 Å². The number of benzene rings is 1. The minimum atomic E-state index is 0.792. The van der Waals surface area contributed by atoms with Crippen molar-refractivity contribution in [2.45, 2.75) is 0 Å². The van der Waals surface area contributed by atoms with Gasteiger partial charge in [-0.3, -0.25) is 4.68 Å². The molecule has 152 valence electrons. The summed E-state index contributed by atoms with van der Waals surface area (Å²) in [5.41, 5.74) is 6.90. The van der Waals surface area contributed by atoms with E-state index in [-0.39, 0.29) is 0 Å². The molecule has 0 spiro atoms. The molecule has 4 heterocycles. The zero-order chi connectivity index (χ0) is 20.3. The normalized spacial score (nSPS) is 14.1. The van der Waals surface area contributed by atoms with Gasteiger partial charge in [0.1, 0.15) is 5.82 Å². The molecule has 0 radical (unpaired) electrons. The maximum Gasteiger partial charge on any atom is 0.130 e. The van der Waals surface area contributed by atoms with E-state index in [1.54, 1.807) is 11.3 Å². The number of morpholine rings is 1. The summed E-state index contributed by atoms with van der Waals surface area (Å²) < 4.78 is 7.27. The zero-order valence-electron chi connectivity index (χ0n) is 16.8. The highest BCUT2D eigenvalue weighted by molar-refractivity contribution is 7.08. The third-order valence-corrected chi connectivity index (χ3v) is 6.01. The third kappa shape index (κ3) is 3.94. The van der Waals surface area contributed by atoms with E-state index in [0.717, 1.165) is 48.9 Å². The van der Waals surface area contributed by atoms with Gasteiger partial charge in [0.15, 0.2) is 0 Å². The van der Waals surface area contributed by atoms with Gasteiger partial charge in [0.05, 0.1) is 19.4 Å². The number of aromatic nitrogens is 3. The van der Waals surface area contributed by atoms with Crippen LogP contribution in [0, 0.1) is 0 Å². The quantitative estimate of drug-likeness (QED) is 0.506. The SMILES string of the molecule is Cn1cc(-c2cscc2-c2ccnc(Nc3ccc(N4CCOCC4)cc3)c2)cn1. The molecule has 0 aliphatic carbocycles. The van der Waals surface area contributed by atoms with Crippen LogP contribution in [0.4, 0.5) is 17.2 Å². The Bertz CT molecular complexity index is 1130. The Balaban J connectivity index is 1.35. The van der Waals surface area contributed by atoms with Gasteiger partial charge in [0.25, 0.3) is 0 Å². The lowest BCUT2D eigenvalue weighted by Crippen LogP contribution is -2.36. The summed E-state index contributed by atoms with van der Waals surface area (Å²) in [5.74, 6) is 0.829. The van der Waals surface area contributed by atoms with Gasteiger partial charge in [0, 0.05) is 60.6 Å². The first-order valence-electron chi connectivity index (χ1n) is 9.98. The predicted octanol–water partition coefficient (Wildman–Crippen LogP) is 4.79. The van der Waals surface area contributed by atoms with Crippen LogP contribution in [-0.4, -0.2) is 41.1 Å². The molecule has 0 atom stereocenters. The van der Waals surface area contributed by atoms with Gasteiger partial charge in [-0.25, -0.2) is 4.98 Å². The predicted molar refractivity (Wildman–Crippen MR) is 123 cm³/mol. The maximum absolute atomic E-state index is 5.44. The van der Waals surface area contributed by atoms with E-state index in [1.807, 2.05) is 30.3 Å². The molecule has 5 rings (SSSR count). The number of hydrogen-bond donors (Lipinski definition) is 1. The molecule has 7 heteroatoms. The van der Waals surface area contributed by atoms with E-state index >= 15 is 0 Å². The number of nitrogens with zero attached hydrogens (tertiary/aromatic N) is 4. The van der Waals surface area contributed by atoms with Gasteiger partial charge < -0.3 is 15.0 Å². The Hall–Kier alpha value is -3.16. The molecule has 1 N–H and O–H groups in total. The number of pyridine rings is 1. The lowest BCUT2D eigenvalue weighted by atomic mass is 10.0. The monoisotopic (exact) mass is 417 g/mol. The molecular weight excluding hydrogens is 394 g/mol. The average Bonchev–Trinajstić information content (AvgIpc) is 3.44. The molecule has 1 aliphatic heterocycles. The van der Waals surface area contributed by atoms with Crippen LogP contribution in [0.15, 0.2) is 65.7 Å². The molecule has 1 aliphatic rings. The van der Waals surface area contributed by atoms with Crippen LogP contribution in [0.25, 0.3) is 22.3 Å². The highest BCUT2D eigenvalue weighted by Gasteiger charge is 2.12. The van der Waals surface area contributed by atoms with Crippen molar-refractivity contribution < 1.29 is 4.74 Å². The molecule has 1 fully saturated rings. The first-order chi connectivity index (χ1) is 14.8. The Morgan fingerprint density at radius 2 is 1.77 bits per heavy atom. The molecule has 0 unspecified atom stereocenters. The molecule has 1 aromatic carbocycles. The Labute approximate surface area is 179 Å². The molecule has 1 saturated heterocycles. The second kappa shape index (κ2) is 8.30. The number of hydrogen-bond acceptors (Lipinski definition) is 6. The Kier molecular flexibility index (Phi) is 5.21. The molecular formula is C23H23N5OS. The van der Waals surface area contributed by atoms with Gasteiger partial charge in [-0.05, 0) is 52.7 Å². The minimum Gasteiger partial charge on any atom is -0.378 e. The van der Waals surface area contributed by atoms with Gasteiger partial charge in [-0.15, -0.1) is 0 Å². The summed E-state index contributed by atoms with van der Waals surface area (Å²) >= 11 is 1.70. The summed E-state index contributed by atoms with van der Waals surface area (Å²) in [6.07, 6.45) is 5.80. The lowest BCUT2D eigenvalue weighted by molar-refractivity contribution is 0.122. The highest BCUT2D eigenvalue weighted by Crippen LogP contribution is 2.36. The zero-order valence-corrected chi connectivity index (χ0v) is 17.6. The first kappa shape index (κ1) is 18.8. The van der Waals surface area contributed by atoms with Crippen LogP contribution in [-0.2, 0) is 11.8 Å². The number of nitrogens with one attached hydrogen (secondary N) is 1. The van der Waals surface area contributed by atoms with Crippen LogP contribution >= 0.6 is 11.3 Å². The van der Waals surface area contributed by atoms with Gasteiger partial charge >= 0.3 is 0 Å². The summed E-state index contributed by atoms with van der Waals surface area (Å²) in [4.78, 5) is 6.86. The standard InChI is InChI=1S/C23H23N5OS/c1-27-14-18(13-25-27)22-16-30-15-21(22)17-6-7-24-23(12-17)26-19-2-4-20(5-3-19)28-8-10-29-11-9-28/h2-7,12-16H,8-11H2,1H3,(H,24,26). The van der Waals surface area contributed by atoms with Crippen LogP contribution in [0.3, 0.4) is 0 Å². The van der Waals surface area contributed by atoms with Crippen LogP contribution < -0.4 is 10.2 Å². The fourth-order valence-corrected chi connectivity index (χ4v) is 4.56. The van der Waals surface area contributed by atoms with Crippen molar-refractivity contribution in [2.24, 2.45) is 7.05 Å². The Morgan fingerprint density at radius 1 is 1.00 bits per heavy atom.